The minimum Gasteiger partial charge on any atom is -0.365 e. The van der Waals surface area contributed by atoms with Crippen LogP contribution in [0.1, 0.15) is 22.4 Å². The van der Waals surface area contributed by atoms with Crippen LogP contribution in [0.15, 0.2) is 70.4 Å². The van der Waals surface area contributed by atoms with Crippen molar-refractivity contribution in [1.29, 1.82) is 5.26 Å². The van der Waals surface area contributed by atoms with Crippen LogP contribution in [0.3, 0.4) is 0 Å². The summed E-state index contributed by atoms with van der Waals surface area (Å²) in [6, 6.07) is 13.4. The van der Waals surface area contributed by atoms with Crippen molar-refractivity contribution in [2.45, 2.75) is 19.5 Å². The van der Waals surface area contributed by atoms with E-state index in [0.717, 1.165) is 27.7 Å². The van der Waals surface area contributed by atoms with Gasteiger partial charge in [0.1, 0.15) is 11.9 Å². The van der Waals surface area contributed by atoms with Crippen molar-refractivity contribution in [2.75, 3.05) is 6.54 Å². The lowest BCUT2D eigenvalue weighted by Gasteiger charge is -2.12. The largest absolute Gasteiger partial charge is 0.365 e. The van der Waals surface area contributed by atoms with Gasteiger partial charge in [-0.1, -0.05) is 18.2 Å². The van der Waals surface area contributed by atoms with Crippen LogP contribution in [-0.2, 0) is 19.5 Å². The molecule has 3 heterocycles. The molecule has 1 aliphatic rings. The lowest BCUT2D eigenvalue weighted by Crippen LogP contribution is -2.27. The summed E-state index contributed by atoms with van der Waals surface area (Å²) in [6.07, 6.45) is 6.65. The number of allylic oxidation sites excluding steroid dienone is 1. The number of pyridine rings is 2. The summed E-state index contributed by atoms with van der Waals surface area (Å²) in [6.45, 7) is 1.27. The van der Waals surface area contributed by atoms with Crippen molar-refractivity contribution in [2.24, 2.45) is 9.98 Å². The number of aliphatic imine (C=N–C) groups is 2. The number of hydrogen-bond acceptors (Lipinski definition) is 7. The Morgan fingerprint density at radius 2 is 2.10 bits per heavy atom. The third-order valence-corrected chi connectivity index (χ3v) is 4.81. The molecule has 0 saturated heterocycles. The first-order valence-corrected chi connectivity index (χ1v) is 9.83. The molecule has 8 heteroatoms. The predicted octanol–water partition coefficient (Wildman–Crippen LogP) is 3.17. The minimum atomic E-state index is -0.518. The summed E-state index contributed by atoms with van der Waals surface area (Å²) in [5, 5.41) is 15.8. The predicted molar refractivity (Wildman–Crippen MR) is 118 cm³/mol. The van der Waals surface area contributed by atoms with E-state index in [1.165, 1.54) is 18.7 Å². The van der Waals surface area contributed by atoms with E-state index in [1.807, 2.05) is 30.3 Å². The molecule has 2 aromatic heterocycles. The van der Waals surface area contributed by atoms with Crippen LogP contribution in [0.5, 0.6) is 0 Å². The first-order chi connectivity index (χ1) is 15.2. The standard InChI is InChI=1S/C23H20FN7/c24-20-14-27-13-19-2-1-6-28-21(19)5-7-26-15-31-23(20)30-11-16-3-4-18-8-17(10-25)12-29-22(18)9-16/h1-4,6,8-9,12,14-15,30H,5,7,11,13H2,(H,26,31). The number of fused-ring (bicyclic) bond motifs is 2. The third kappa shape index (κ3) is 5.08. The number of nitrogens with one attached hydrogen (secondary N) is 2. The maximum atomic E-state index is 14.7. The van der Waals surface area contributed by atoms with E-state index in [1.54, 1.807) is 12.3 Å². The lowest BCUT2D eigenvalue weighted by molar-refractivity contribution is 0.629. The number of hydrogen-bond donors (Lipinski definition) is 2. The topological polar surface area (TPSA) is 98.4 Å². The van der Waals surface area contributed by atoms with Gasteiger partial charge in [-0.2, -0.15) is 5.26 Å². The first-order valence-electron chi connectivity index (χ1n) is 9.83. The van der Waals surface area contributed by atoms with Crippen LogP contribution in [-0.4, -0.2) is 29.1 Å². The smallest absolute Gasteiger partial charge is 0.181 e. The molecule has 0 atom stereocenters. The van der Waals surface area contributed by atoms with Gasteiger partial charge in [-0.05, 0) is 29.3 Å². The molecule has 0 saturated carbocycles. The van der Waals surface area contributed by atoms with Gasteiger partial charge in [0.25, 0.3) is 0 Å². The summed E-state index contributed by atoms with van der Waals surface area (Å²) >= 11 is 0. The van der Waals surface area contributed by atoms with E-state index in [4.69, 9.17) is 5.26 Å². The molecule has 7 nitrogen and oxygen atoms in total. The Hall–Kier alpha value is -4.12. The monoisotopic (exact) mass is 413 g/mol. The molecule has 0 bridgehead atoms. The molecule has 1 aliphatic heterocycles. The van der Waals surface area contributed by atoms with Crippen LogP contribution in [0.25, 0.3) is 10.9 Å². The molecule has 0 amide bonds. The Morgan fingerprint density at radius 1 is 1.16 bits per heavy atom. The van der Waals surface area contributed by atoms with Gasteiger partial charge >= 0.3 is 0 Å². The van der Waals surface area contributed by atoms with Crippen LogP contribution in [0, 0.1) is 11.3 Å². The summed E-state index contributed by atoms with van der Waals surface area (Å²) in [4.78, 5) is 17.2. The second-order valence-electron chi connectivity index (χ2n) is 6.95. The van der Waals surface area contributed by atoms with E-state index in [0.29, 0.717) is 31.6 Å². The second-order valence-corrected chi connectivity index (χ2v) is 6.95. The Labute approximate surface area is 179 Å². The highest BCUT2D eigenvalue weighted by Crippen LogP contribution is 2.16. The zero-order valence-electron chi connectivity index (χ0n) is 16.7. The average Bonchev–Trinajstić information content (AvgIpc) is 2.80. The number of halogens is 1. The highest BCUT2D eigenvalue weighted by Gasteiger charge is 2.07. The summed E-state index contributed by atoms with van der Waals surface area (Å²) in [5.74, 6) is -0.331. The highest BCUT2D eigenvalue weighted by atomic mass is 19.1. The molecule has 2 N–H and O–H groups in total. The zero-order chi connectivity index (χ0) is 21.5. The Balaban J connectivity index is 1.51. The molecular formula is C23H20FN7. The van der Waals surface area contributed by atoms with E-state index in [9.17, 15) is 4.39 Å². The highest BCUT2D eigenvalue weighted by molar-refractivity contribution is 5.80. The molecular weight excluding hydrogens is 393 g/mol. The van der Waals surface area contributed by atoms with Gasteiger partial charge in [0.05, 0.1) is 30.2 Å². The van der Waals surface area contributed by atoms with Gasteiger partial charge in [-0.3, -0.25) is 20.0 Å². The van der Waals surface area contributed by atoms with E-state index in [2.05, 4.69) is 36.7 Å². The Kier molecular flexibility index (Phi) is 6.24. The molecule has 0 radical (unpaired) electrons. The normalized spacial score (nSPS) is 14.2. The van der Waals surface area contributed by atoms with Crippen molar-refractivity contribution >= 4 is 23.5 Å². The van der Waals surface area contributed by atoms with E-state index in [-0.39, 0.29) is 5.82 Å². The van der Waals surface area contributed by atoms with Crippen molar-refractivity contribution in [3.8, 4) is 6.07 Å². The number of aromatic nitrogens is 2. The maximum absolute atomic E-state index is 14.7. The molecule has 4 rings (SSSR count). The van der Waals surface area contributed by atoms with Gasteiger partial charge in [-0.15, -0.1) is 0 Å². The fourth-order valence-corrected chi connectivity index (χ4v) is 3.21. The van der Waals surface area contributed by atoms with Gasteiger partial charge in [-0.25, -0.2) is 4.39 Å². The minimum absolute atomic E-state index is 0.187. The van der Waals surface area contributed by atoms with Crippen LogP contribution in [0.4, 0.5) is 4.39 Å². The maximum Gasteiger partial charge on any atom is 0.181 e. The average molecular weight is 413 g/mol. The Morgan fingerprint density at radius 3 is 3.00 bits per heavy atom. The first kappa shape index (κ1) is 20.2. The van der Waals surface area contributed by atoms with Crippen LogP contribution < -0.4 is 10.6 Å². The molecule has 0 aliphatic carbocycles. The van der Waals surface area contributed by atoms with Crippen molar-refractivity contribution in [1.82, 2.24) is 20.6 Å². The third-order valence-electron chi connectivity index (χ3n) is 4.81. The van der Waals surface area contributed by atoms with Gasteiger partial charge in [0, 0.05) is 43.0 Å². The fourth-order valence-electron chi connectivity index (χ4n) is 3.21. The van der Waals surface area contributed by atoms with Gasteiger partial charge in [0.15, 0.2) is 5.83 Å². The summed E-state index contributed by atoms with van der Waals surface area (Å²) in [5.41, 5.74) is 4.10. The molecule has 31 heavy (non-hydrogen) atoms. The van der Waals surface area contributed by atoms with Crippen molar-refractivity contribution in [3.63, 3.8) is 0 Å². The molecule has 0 spiro atoms. The lowest BCUT2D eigenvalue weighted by atomic mass is 10.1. The molecule has 3 aromatic rings. The molecule has 0 unspecified atom stereocenters. The quantitative estimate of drug-likeness (QED) is 0.687. The van der Waals surface area contributed by atoms with Crippen molar-refractivity contribution in [3.05, 3.63) is 82.8 Å². The second kappa shape index (κ2) is 9.59. The molecule has 0 fully saturated rings. The summed E-state index contributed by atoms with van der Waals surface area (Å²) < 4.78 is 14.7. The van der Waals surface area contributed by atoms with Crippen LogP contribution in [0.2, 0.25) is 0 Å². The molecule has 154 valence electrons. The van der Waals surface area contributed by atoms with E-state index < -0.39 is 5.83 Å². The summed E-state index contributed by atoms with van der Waals surface area (Å²) in [7, 11) is 0. The Bertz CT molecular complexity index is 1220. The van der Waals surface area contributed by atoms with Gasteiger partial charge in [0.2, 0.25) is 0 Å². The number of nitriles is 1. The fraction of sp³-hybridized carbons (Fsp3) is 0.174. The SMILES string of the molecule is N#Cc1cnc2cc(CNC3=C(F)C=NCc4cccnc4CCN=CN3)ccc2c1. The number of rotatable bonds is 3. The number of nitrogens with zero attached hydrogens (tertiary/aromatic N) is 5. The molecule has 1 aromatic carbocycles. The van der Waals surface area contributed by atoms with Crippen LogP contribution >= 0.6 is 0 Å². The van der Waals surface area contributed by atoms with Gasteiger partial charge < -0.3 is 10.6 Å². The van der Waals surface area contributed by atoms with E-state index >= 15 is 0 Å². The zero-order valence-corrected chi connectivity index (χ0v) is 16.7. The van der Waals surface area contributed by atoms with Crippen molar-refractivity contribution < 1.29 is 4.39 Å². The number of benzene rings is 1.